The van der Waals surface area contributed by atoms with Crippen LogP contribution in [0.2, 0.25) is 0 Å². The molecular weight excluding hydrogens is 234 g/mol. The summed E-state index contributed by atoms with van der Waals surface area (Å²) in [6, 6.07) is 0. The molecule has 0 unspecified atom stereocenters. The van der Waals surface area contributed by atoms with E-state index in [0.717, 1.165) is 35.7 Å². The fourth-order valence-electron chi connectivity index (χ4n) is 2.31. The summed E-state index contributed by atoms with van der Waals surface area (Å²) in [5.74, 6) is 2.87. The van der Waals surface area contributed by atoms with E-state index in [1.807, 2.05) is 0 Å². The molecule has 1 heterocycles. The van der Waals surface area contributed by atoms with E-state index in [1.165, 1.54) is 32.1 Å². The lowest BCUT2D eigenvalue weighted by Crippen LogP contribution is -1.97. The van der Waals surface area contributed by atoms with Crippen molar-refractivity contribution >= 4 is 11.8 Å². The first kappa shape index (κ1) is 12.9. The second-order valence-corrected chi connectivity index (χ2v) is 5.66. The first-order chi connectivity index (χ1) is 8.38. The molecule has 1 aromatic rings. The third kappa shape index (κ3) is 4.32. The van der Waals surface area contributed by atoms with Crippen molar-refractivity contribution in [3.8, 4) is 0 Å². The quantitative estimate of drug-likeness (QED) is 0.601. The SMILES string of the molecule is COCCSc1n[nH]c(CCC2CCCC2)n1. The Labute approximate surface area is 107 Å². The van der Waals surface area contributed by atoms with Crippen molar-refractivity contribution in [1.29, 1.82) is 0 Å². The number of ether oxygens (including phenoxy) is 1. The summed E-state index contributed by atoms with van der Waals surface area (Å²) in [5.41, 5.74) is 0. The van der Waals surface area contributed by atoms with Gasteiger partial charge in [-0.25, -0.2) is 4.98 Å². The van der Waals surface area contributed by atoms with Crippen molar-refractivity contribution in [3.05, 3.63) is 5.82 Å². The van der Waals surface area contributed by atoms with Gasteiger partial charge in [-0.1, -0.05) is 37.4 Å². The number of aryl methyl sites for hydroxylation is 1. The first-order valence-corrected chi connectivity index (χ1v) is 7.40. The van der Waals surface area contributed by atoms with Gasteiger partial charge >= 0.3 is 0 Å². The standard InChI is InChI=1S/C12H21N3OS/c1-16-8-9-17-12-13-11(14-15-12)7-6-10-4-2-3-5-10/h10H,2-9H2,1H3,(H,13,14,15). The molecule has 0 atom stereocenters. The largest absolute Gasteiger partial charge is 0.384 e. The summed E-state index contributed by atoms with van der Waals surface area (Å²) in [5, 5.41) is 8.09. The fraction of sp³-hybridized carbons (Fsp3) is 0.833. The molecule has 1 aromatic heterocycles. The van der Waals surface area contributed by atoms with Gasteiger partial charge in [0.15, 0.2) is 0 Å². The lowest BCUT2D eigenvalue weighted by Gasteiger charge is -2.05. The molecule has 1 fully saturated rings. The molecule has 0 aliphatic heterocycles. The monoisotopic (exact) mass is 255 g/mol. The normalized spacial score (nSPS) is 16.8. The fourth-order valence-corrected chi connectivity index (χ4v) is 3.03. The van der Waals surface area contributed by atoms with Crippen LogP contribution in [-0.4, -0.2) is 34.7 Å². The van der Waals surface area contributed by atoms with Gasteiger partial charge in [-0.3, -0.25) is 5.10 Å². The third-order valence-corrected chi connectivity index (χ3v) is 4.11. The van der Waals surface area contributed by atoms with E-state index >= 15 is 0 Å². The molecule has 17 heavy (non-hydrogen) atoms. The van der Waals surface area contributed by atoms with Gasteiger partial charge in [-0.05, 0) is 12.3 Å². The Balaban J connectivity index is 1.69. The molecule has 1 N–H and O–H groups in total. The summed E-state index contributed by atoms with van der Waals surface area (Å²) in [6.07, 6.45) is 7.95. The van der Waals surface area contributed by atoms with Crippen molar-refractivity contribution in [2.24, 2.45) is 5.92 Å². The number of aromatic nitrogens is 3. The van der Waals surface area contributed by atoms with Crippen LogP contribution >= 0.6 is 11.8 Å². The van der Waals surface area contributed by atoms with Crippen molar-refractivity contribution in [1.82, 2.24) is 15.2 Å². The van der Waals surface area contributed by atoms with E-state index in [2.05, 4.69) is 15.2 Å². The van der Waals surface area contributed by atoms with Gasteiger partial charge in [0.05, 0.1) is 6.61 Å². The number of thioether (sulfide) groups is 1. The van der Waals surface area contributed by atoms with E-state index in [4.69, 9.17) is 4.74 Å². The molecule has 0 aromatic carbocycles. The highest BCUT2D eigenvalue weighted by Gasteiger charge is 2.15. The molecule has 0 saturated heterocycles. The zero-order valence-electron chi connectivity index (χ0n) is 10.4. The topological polar surface area (TPSA) is 50.8 Å². The lowest BCUT2D eigenvalue weighted by atomic mass is 10.0. The minimum atomic E-state index is 0.747. The molecule has 1 aliphatic rings. The Bertz CT molecular complexity index is 323. The van der Waals surface area contributed by atoms with Crippen LogP contribution in [0.4, 0.5) is 0 Å². The van der Waals surface area contributed by atoms with Crippen molar-refractivity contribution < 1.29 is 4.74 Å². The average Bonchev–Trinajstić information content (AvgIpc) is 2.98. The zero-order valence-corrected chi connectivity index (χ0v) is 11.3. The number of H-pyrrole nitrogens is 1. The van der Waals surface area contributed by atoms with E-state index in [0.29, 0.717) is 0 Å². The maximum absolute atomic E-state index is 5.00. The highest BCUT2D eigenvalue weighted by molar-refractivity contribution is 7.99. The number of hydrogen-bond acceptors (Lipinski definition) is 4. The minimum Gasteiger partial charge on any atom is -0.384 e. The van der Waals surface area contributed by atoms with Crippen LogP contribution in [0.15, 0.2) is 5.16 Å². The number of nitrogens with zero attached hydrogens (tertiary/aromatic N) is 2. The Kier molecular flexibility index (Phi) is 5.32. The second kappa shape index (κ2) is 7.01. The molecular formula is C12H21N3OS. The zero-order chi connectivity index (χ0) is 11.9. The molecule has 2 rings (SSSR count). The second-order valence-electron chi connectivity index (χ2n) is 4.60. The number of rotatable bonds is 7. The number of methoxy groups -OCH3 is 1. The van der Waals surface area contributed by atoms with Gasteiger partial charge < -0.3 is 4.74 Å². The maximum atomic E-state index is 5.00. The third-order valence-electron chi connectivity index (χ3n) is 3.29. The van der Waals surface area contributed by atoms with Crippen LogP contribution in [0.3, 0.4) is 0 Å². The van der Waals surface area contributed by atoms with Gasteiger partial charge in [-0.2, -0.15) is 0 Å². The Morgan fingerprint density at radius 1 is 1.41 bits per heavy atom. The van der Waals surface area contributed by atoms with Crippen LogP contribution in [0.1, 0.15) is 37.9 Å². The van der Waals surface area contributed by atoms with Gasteiger partial charge in [0, 0.05) is 19.3 Å². The average molecular weight is 255 g/mol. The van der Waals surface area contributed by atoms with E-state index < -0.39 is 0 Å². The predicted octanol–water partition coefficient (Wildman–Crippen LogP) is 2.67. The van der Waals surface area contributed by atoms with Gasteiger partial charge in [0.1, 0.15) is 5.82 Å². The molecule has 0 radical (unpaired) electrons. The van der Waals surface area contributed by atoms with Crippen LogP contribution in [0, 0.1) is 5.92 Å². The van der Waals surface area contributed by atoms with Crippen LogP contribution in [0.5, 0.6) is 0 Å². The molecule has 0 spiro atoms. The highest BCUT2D eigenvalue weighted by Crippen LogP contribution is 2.28. The Hall–Kier alpha value is -0.550. The molecule has 1 saturated carbocycles. The predicted molar refractivity (Wildman–Crippen MR) is 69.3 cm³/mol. The maximum Gasteiger partial charge on any atom is 0.208 e. The summed E-state index contributed by atoms with van der Waals surface area (Å²) in [7, 11) is 1.71. The summed E-state index contributed by atoms with van der Waals surface area (Å²) < 4.78 is 5.00. The summed E-state index contributed by atoms with van der Waals surface area (Å²) >= 11 is 1.65. The molecule has 0 amide bonds. The lowest BCUT2D eigenvalue weighted by molar-refractivity contribution is 0.218. The van der Waals surface area contributed by atoms with Gasteiger partial charge in [0.2, 0.25) is 5.16 Å². The van der Waals surface area contributed by atoms with E-state index in [9.17, 15) is 0 Å². The van der Waals surface area contributed by atoms with Gasteiger partial charge in [-0.15, -0.1) is 5.10 Å². The molecule has 1 aliphatic carbocycles. The molecule has 4 nitrogen and oxygen atoms in total. The number of hydrogen-bond donors (Lipinski definition) is 1. The van der Waals surface area contributed by atoms with Crippen LogP contribution < -0.4 is 0 Å². The van der Waals surface area contributed by atoms with E-state index in [1.54, 1.807) is 18.9 Å². The first-order valence-electron chi connectivity index (χ1n) is 6.41. The Morgan fingerprint density at radius 2 is 2.24 bits per heavy atom. The molecule has 0 bridgehead atoms. The number of aromatic amines is 1. The van der Waals surface area contributed by atoms with Gasteiger partial charge in [0.25, 0.3) is 0 Å². The van der Waals surface area contributed by atoms with Crippen molar-refractivity contribution in [2.75, 3.05) is 19.5 Å². The minimum absolute atomic E-state index is 0.747. The smallest absolute Gasteiger partial charge is 0.208 e. The van der Waals surface area contributed by atoms with Crippen molar-refractivity contribution in [2.45, 2.75) is 43.7 Å². The molecule has 5 heteroatoms. The molecule has 96 valence electrons. The number of nitrogens with one attached hydrogen (secondary N) is 1. The van der Waals surface area contributed by atoms with E-state index in [-0.39, 0.29) is 0 Å². The summed E-state index contributed by atoms with van der Waals surface area (Å²) in [4.78, 5) is 4.48. The van der Waals surface area contributed by atoms with Crippen molar-refractivity contribution in [3.63, 3.8) is 0 Å². The summed E-state index contributed by atoms with van der Waals surface area (Å²) in [6.45, 7) is 0.747. The highest BCUT2D eigenvalue weighted by atomic mass is 32.2. The van der Waals surface area contributed by atoms with Crippen LogP contribution in [0.25, 0.3) is 0 Å². The van der Waals surface area contributed by atoms with Crippen LogP contribution in [-0.2, 0) is 11.2 Å². The Morgan fingerprint density at radius 3 is 3.00 bits per heavy atom.